The molecule has 3 aromatic rings. The molecular weight excluding hydrogens is 330 g/mol. The van der Waals surface area contributed by atoms with E-state index in [2.05, 4.69) is 16.0 Å². The summed E-state index contributed by atoms with van der Waals surface area (Å²) in [6.45, 7) is 3.41. The van der Waals surface area contributed by atoms with Crippen LogP contribution in [0.2, 0.25) is 0 Å². The topological polar surface area (TPSA) is 73.0 Å². The zero-order valence-corrected chi connectivity index (χ0v) is 15.0. The van der Waals surface area contributed by atoms with Gasteiger partial charge in [0.25, 0.3) is 0 Å². The van der Waals surface area contributed by atoms with Crippen molar-refractivity contribution in [2.45, 2.75) is 26.2 Å². The molecule has 2 aromatic heterocycles. The van der Waals surface area contributed by atoms with Gasteiger partial charge in [0, 0.05) is 26.6 Å². The Morgan fingerprint density at radius 1 is 1.23 bits per heavy atom. The Morgan fingerprint density at radius 2 is 2.00 bits per heavy atom. The van der Waals surface area contributed by atoms with Gasteiger partial charge in [0.2, 0.25) is 0 Å². The quantitative estimate of drug-likeness (QED) is 0.709. The lowest BCUT2D eigenvalue weighted by atomic mass is 10.1. The van der Waals surface area contributed by atoms with E-state index in [4.69, 9.17) is 0 Å². The van der Waals surface area contributed by atoms with Crippen molar-refractivity contribution in [3.8, 4) is 0 Å². The highest BCUT2D eigenvalue weighted by Crippen LogP contribution is 2.15. The lowest BCUT2D eigenvalue weighted by Gasteiger charge is -2.14. The van der Waals surface area contributed by atoms with Gasteiger partial charge in [-0.3, -0.25) is 4.57 Å². The number of imidazole rings is 1. The molecule has 1 aromatic carbocycles. The predicted octanol–water partition coefficient (Wildman–Crippen LogP) is 2.09. The van der Waals surface area contributed by atoms with E-state index >= 15 is 0 Å². The first-order chi connectivity index (χ1) is 12.5. The van der Waals surface area contributed by atoms with Gasteiger partial charge in [-0.2, -0.15) is 4.57 Å². The summed E-state index contributed by atoms with van der Waals surface area (Å²) >= 11 is 0. The minimum absolute atomic E-state index is 0.293. The van der Waals surface area contributed by atoms with Gasteiger partial charge < -0.3 is 4.90 Å². The van der Waals surface area contributed by atoms with Crippen LogP contribution in [0.3, 0.4) is 0 Å². The lowest BCUT2D eigenvalue weighted by molar-refractivity contribution is 0.210. The smallest absolute Gasteiger partial charge is 0.324 e. The monoisotopic (exact) mass is 351 g/mol. The fraction of sp³-hybridized carbons (Fsp3) is 0.368. The van der Waals surface area contributed by atoms with Crippen LogP contribution in [0.25, 0.3) is 11.2 Å². The van der Waals surface area contributed by atoms with E-state index in [9.17, 15) is 9.59 Å². The van der Waals surface area contributed by atoms with Crippen molar-refractivity contribution in [3.05, 3.63) is 57.9 Å². The van der Waals surface area contributed by atoms with Crippen LogP contribution in [-0.4, -0.2) is 43.1 Å². The van der Waals surface area contributed by atoms with Crippen LogP contribution < -0.4 is 5.69 Å². The van der Waals surface area contributed by atoms with Crippen molar-refractivity contribution in [2.75, 3.05) is 13.1 Å². The summed E-state index contributed by atoms with van der Waals surface area (Å²) in [5, 5.41) is 0. The van der Waals surface area contributed by atoms with E-state index in [1.165, 1.54) is 14.7 Å². The standard InChI is InChI=1S/C19H21N5O2/c1-13-6-5-7-14(10-13)11-16-20-12-15-17(21-16)24(18(25)22(15)2)19(26)23-8-3-4-9-23/h5-7,10,12H,3-4,8-9,11H2,1-2H3. The molecule has 7 nitrogen and oxygen atoms in total. The highest BCUT2D eigenvalue weighted by molar-refractivity contribution is 5.87. The van der Waals surface area contributed by atoms with Crippen molar-refractivity contribution in [3.63, 3.8) is 0 Å². The van der Waals surface area contributed by atoms with Gasteiger partial charge in [0.05, 0.1) is 6.20 Å². The molecule has 26 heavy (non-hydrogen) atoms. The van der Waals surface area contributed by atoms with Crippen molar-refractivity contribution < 1.29 is 4.79 Å². The third kappa shape index (κ3) is 2.79. The summed E-state index contributed by atoms with van der Waals surface area (Å²) in [7, 11) is 1.64. The van der Waals surface area contributed by atoms with Crippen LogP contribution >= 0.6 is 0 Å². The maximum atomic E-state index is 12.8. The molecule has 0 unspecified atom stereocenters. The molecule has 0 atom stereocenters. The summed E-state index contributed by atoms with van der Waals surface area (Å²) < 4.78 is 2.61. The number of benzene rings is 1. The van der Waals surface area contributed by atoms with Crippen molar-refractivity contribution in [2.24, 2.45) is 7.05 Å². The molecule has 3 heterocycles. The minimum atomic E-state index is -0.376. The Bertz CT molecular complexity index is 1040. The van der Waals surface area contributed by atoms with Gasteiger partial charge in [0.15, 0.2) is 5.65 Å². The molecular formula is C19H21N5O2. The number of carbonyl (C=O) groups is 1. The van der Waals surface area contributed by atoms with Crippen LogP contribution in [0, 0.1) is 6.92 Å². The third-order valence-corrected chi connectivity index (χ3v) is 4.86. The number of rotatable bonds is 2. The van der Waals surface area contributed by atoms with Gasteiger partial charge in [-0.25, -0.2) is 19.6 Å². The maximum absolute atomic E-state index is 12.8. The van der Waals surface area contributed by atoms with E-state index in [1.807, 2.05) is 25.1 Å². The van der Waals surface area contributed by atoms with Gasteiger partial charge in [0.1, 0.15) is 11.3 Å². The van der Waals surface area contributed by atoms with Gasteiger partial charge in [-0.1, -0.05) is 29.8 Å². The zero-order valence-electron chi connectivity index (χ0n) is 15.0. The molecule has 1 fully saturated rings. The summed E-state index contributed by atoms with van der Waals surface area (Å²) in [6.07, 6.45) is 4.12. The summed E-state index contributed by atoms with van der Waals surface area (Å²) in [4.78, 5) is 36.1. The summed E-state index contributed by atoms with van der Waals surface area (Å²) in [5.41, 5.74) is 2.84. The number of hydrogen-bond acceptors (Lipinski definition) is 4. The first kappa shape index (κ1) is 16.5. The van der Waals surface area contributed by atoms with Crippen LogP contribution in [0.1, 0.15) is 29.8 Å². The predicted molar refractivity (Wildman–Crippen MR) is 98.4 cm³/mol. The third-order valence-electron chi connectivity index (χ3n) is 4.86. The Kier molecular flexibility index (Phi) is 4.06. The SMILES string of the molecule is Cc1cccc(Cc2ncc3c(n2)n(C(=O)N2CCCC2)c(=O)n3C)c1. The number of fused-ring (bicyclic) bond motifs is 1. The molecule has 0 saturated carbocycles. The first-order valence-corrected chi connectivity index (χ1v) is 8.83. The average Bonchev–Trinajstić information content (AvgIpc) is 3.23. The second-order valence-electron chi connectivity index (χ2n) is 6.81. The van der Waals surface area contributed by atoms with Crippen LogP contribution in [0.4, 0.5) is 4.79 Å². The molecule has 1 aliphatic rings. The second-order valence-corrected chi connectivity index (χ2v) is 6.81. The molecule has 4 rings (SSSR count). The minimum Gasteiger partial charge on any atom is -0.324 e. The van der Waals surface area contributed by atoms with Crippen LogP contribution in [-0.2, 0) is 13.5 Å². The number of carbonyl (C=O) groups excluding carboxylic acids is 1. The van der Waals surface area contributed by atoms with Crippen LogP contribution in [0.15, 0.2) is 35.3 Å². The number of aromatic nitrogens is 4. The molecule has 1 aliphatic heterocycles. The van der Waals surface area contributed by atoms with Gasteiger partial charge in [-0.15, -0.1) is 0 Å². The summed E-state index contributed by atoms with van der Waals surface area (Å²) in [6, 6.07) is 7.85. The molecule has 7 heteroatoms. The molecule has 0 N–H and O–H groups in total. The second kappa shape index (κ2) is 6.40. The van der Waals surface area contributed by atoms with E-state index < -0.39 is 0 Å². The first-order valence-electron chi connectivity index (χ1n) is 8.83. The highest BCUT2D eigenvalue weighted by atomic mass is 16.2. The lowest BCUT2D eigenvalue weighted by Crippen LogP contribution is -2.38. The summed E-state index contributed by atoms with van der Waals surface area (Å²) in [5.74, 6) is 0.594. The van der Waals surface area contributed by atoms with E-state index in [1.54, 1.807) is 18.1 Å². The largest absolute Gasteiger partial charge is 0.338 e. The molecule has 0 bridgehead atoms. The molecule has 1 amide bonds. The van der Waals surface area contributed by atoms with Crippen molar-refractivity contribution in [1.29, 1.82) is 0 Å². The average molecular weight is 351 g/mol. The maximum Gasteiger partial charge on any atom is 0.338 e. The van der Waals surface area contributed by atoms with E-state index in [0.717, 1.165) is 18.4 Å². The fourth-order valence-corrected chi connectivity index (χ4v) is 3.46. The Balaban J connectivity index is 1.78. The molecule has 1 saturated heterocycles. The van der Waals surface area contributed by atoms with Gasteiger partial charge >= 0.3 is 11.7 Å². The highest BCUT2D eigenvalue weighted by Gasteiger charge is 2.25. The van der Waals surface area contributed by atoms with E-state index in [0.29, 0.717) is 36.5 Å². The Morgan fingerprint density at radius 3 is 2.73 bits per heavy atom. The molecule has 0 aliphatic carbocycles. The molecule has 0 radical (unpaired) electrons. The molecule has 134 valence electrons. The van der Waals surface area contributed by atoms with Crippen LogP contribution in [0.5, 0.6) is 0 Å². The number of nitrogens with zero attached hydrogens (tertiary/aromatic N) is 5. The van der Waals surface area contributed by atoms with Gasteiger partial charge in [-0.05, 0) is 25.3 Å². The number of likely N-dealkylation sites (tertiary alicyclic amines) is 1. The molecule has 0 spiro atoms. The number of hydrogen-bond donors (Lipinski definition) is 0. The fourth-order valence-electron chi connectivity index (χ4n) is 3.46. The van der Waals surface area contributed by atoms with Crippen molar-refractivity contribution >= 4 is 17.2 Å². The normalized spacial score (nSPS) is 14.3. The Labute approximate surface area is 150 Å². The van der Waals surface area contributed by atoms with E-state index in [-0.39, 0.29) is 11.7 Å². The number of amides is 1. The van der Waals surface area contributed by atoms with Crippen molar-refractivity contribution in [1.82, 2.24) is 24.0 Å². The Hall–Kier alpha value is -2.96. The zero-order chi connectivity index (χ0) is 18.3. The number of aryl methyl sites for hydroxylation is 2.